The van der Waals surface area contributed by atoms with Gasteiger partial charge in [-0.3, -0.25) is 24.6 Å². The molecule has 2 aromatic carbocycles. The molecule has 11 heteroatoms. The second-order valence-electron chi connectivity index (χ2n) is 11.3. The van der Waals surface area contributed by atoms with E-state index in [1.165, 1.54) is 44.7 Å². The van der Waals surface area contributed by atoms with Gasteiger partial charge < -0.3 is 14.5 Å². The van der Waals surface area contributed by atoms with Gasteiger partial charge in [0.2, 0.25) is 11.8 Å². The number of amides is 3. The Bertz CT molecular complexity index is 1330. The van der Waals surface area contributed by atoms with E-state index in [1.807, 2.05) is 24.3 Å². The van der Waals surface area contributed by atoms with Crippen LogP contribution >= 0.6 is 11.8 Å². The third kappa shape index (κ3) is 8.32. The molecule has 41 heavy (non-hydrogen) atoms. The van der Waals surface area contributed by atoms with Gasteiger partial charge in [0.05, 0.1) is 16.4 Å². The van der Waals surface area contributed by atoms with Gasteiger partial charge in [-0.2, -0.15) is 0 Å². The fraction of sp³-hybridized carbons (Fsp3) is 0.433. The number of hydrogen-bond donors (Lipinski definition) is 0. The second kappa shape index (κ2) is 13.2. The van der Waals surface area contributed by atoms with E-state index in [4.69, 9.17) is 4.74 Å². The number of carbonyl (C=O) groups is 3. The lowest BCUT2D eigenvalue weighted by Gasteiger charge is -2.41. The van der Waals surface area contributed by atoms with Crippen molar-refractivity contribution < 1.29 is 24.0 Å². The zero-order chi connectivity index (χ0) is 30.5. The second-order valence-corrected chi connectivity index (χ2v) is 12.4. The van der Waals surface area contributed by atoms with E-state index in [2.05, 4.69) is 13.8 Å². The van der Waals surface area contributed by atoms with Crippen molar-refractivity contribution in [3.8, 4) is 0 Å². The minimum absolute atomic E-state index is 0.00438. The van der Waals surface area contributed by atoms with E-state index >= 15 is 0 Å². The van der Waals surface area contributed by atoms with Crippen molar-refractivity contribution in [3.63, 3.8) is 0 Å². The molecule has 3 rings (SSSR count). The van der Waals surface area contributed by atoms with Gasteiger partial charge >= 0.3 is 6.09 Å². The molecule has 1 aliphatic rings. The van der Waals surface area contributed by atoms with Crippen molar-refractivity contribution in [2.45, 2.75) is 62.0 Å². The maximum absolute atomic E-state index is 13.1. The number of ether oxygens (including phenoxy) is 1. The molecule has 10 nitrogen and oxygen atoms in total. The van der Waals surface area contributed by atoms with Gasteiger partial charge in [-0.1, -0.05) is 49.9 Å². The van der Waals surface area contributed by atoms with E-state index < -0.39 is 22.7 Å². The van der Waals surface area contributed by atoms with Crippen LogP contribution in [-0.4, -0.2) is 82.9 Å². The summed E-state index contributed by atoms with van der Waals surface area (Å²) < 4.78 is 5.48. The Morgan fingerprint density at radius 3 is 2.39 bits per heavy atom. The molecule has 1 heterocycles. The summed E-state index contributed by atoms with van der Waals surface area (Å²) in [5.41, 5.74) is 0.831. The van der Waals surface area contributed by atoms with Crippen molar-refractivity contribution in [2.24, 2.45) is 0 Å². The average Bonchev–Trinajstić information content (AvgIpc) is 2.90. The van der Waals surface area contributed by atoms with Crippen molar-refractivity contribution in [3.05, 3.63) is 69.8 Å². The first-order valence-electron chi connectivity index (χ1n) is 13.4. The molecule has 3 amide bonds. The molecule has 1 unspecified atom stereocenters. The predicted octanol–water partition coefficient (Wildman–Crippen LogP) is 5.42. The first-order valence-corrected chi connectivity index (χ1v) is 14.2. The summed E-state index contributed by atoms with van der Waals surface area (Å²) in [7, 11) is 3.18. The number of piperazine rings is 1. The standard InChI is InChI=1S/C30H38N4O6S/c1-20(2)22-10-8-9-11-25(22)41-26-14-12-21(18-23(26)34(38)39)13-15-27(35)32-16-17-33(29(37)40-30(3,4)5)24(19-32)28(36)31(6)7/h8-15,18,20,24H,16-17,19H2,1-7H3/b15-13+. The molecule has 1 atom stereocenters. The van der Waals surface area contributed by atoms with E-state index in [0.717, 1.165) is 10.5 Å². The number of nitro benzene ring substituents is 1. The lowest BCUT2D eigenvalue weighted by Crippen LogP contribution is -2.61. The Labute approximate surface area is 245 Å². The molecule has 0 N–H and O–H groups in total. The zero-order valence-electron chi connectivity index (χ0n) is 24.6. The molecule has 1 aliphatic heterocycles. The number of nitrogens with zero attached hydrogens (tertiary/aromatic N) is 4. The van der Waals surface area contributed by atoms with Crippen molar-refractivity contribution in [1.82, 2.24) is 14.7 Å². The summed E-state index contributed by atoms with van der Waals surface area (Å²) in [6, 6.07) is 11.8. The summed E-state index contributed by atoms with van der Waals surface area (Å²) in [6.45, 7) is 9.75. The lowest BCUT2D eigenvalue weighted by molar-refractivity contribution is -0.387. The topological polar surface area (TPSA) is 113 Å². The van der Waals surface area contributed by atoms with Crippen LogP contribution in [0, 0.1) is 10.1 Å². The van der Waals surface area contributed by atoms with Gasteiger partial charge in [-0.15, -0.1) is 0 Å². The normalized spacial score (nSPS) is 15.8. The monoisotopic (exact) mass is 582 g/mol. The summed E-state index contributed by atoms with van der Waals surface area (Å²) >= 11 is 1.34. The fourth-order valence-corrected chi connectivity index (χ4v) is 5.52. The van der Waals surface area contributed by atoms with Crippen LogP contribution in [0.3, 0.4) is 0 Å². The van der Waals surface area contributed by atoms with Gasteiger partial charge in [0.25, 0.3) is 5.69 Å². The molecule has 220 valence electrons. The van der Waals surface area contributed by atoms with Gasteiger partial charge in [0.15, 0.2) is 0 Å². The van der Waals surface area contributed by atoms with Gasteiger partial charge in [-0.25, -0.2) is 4.79 Å². The number of likely N-dealkylation sites (N-methyl/N-ethyl adjacent to an activating group) is 1. The smallest absolute Gasteiger partial charge is 0.411 e. The Morgan fingerprint density at radius 1 is 1.10 bits per heavy atom. The number of nitro groups is 1. The Hall–Kier alpha value is -3.86. The lowest BCUT2D eigenvalue weighted by atomic mass is 10.0. The Balaban J connectivity index is 1.78. The minimum Gasteiger partial charge on any atom is -0.444 e. The van der Waals surface area contributed by atoms with E-state index in [0.29, 0.717) is 10.5 Å². The molecule has 2 aromatic rings. The first kappa shape index (κ1) is 31.7. The highest BCUT2D eigenvalue weighted by atomic mass is 32.2. The first-order chi connectivity index (χ1) is 19.2. The molecule has 0 bridgehead atoms. The Kier molecular flexibility index (Phi) is 10.2. The fourth-order valence-electron chi connectivity index (χ4n) is 4.34. The largest absolute Gasteiger partial charge is 0.444 e. The van der Waals surface area contributed by atoms with E-state index in [1.54, 1.807) is 47.0 Å². The molecule has 1 saturated heterocycles. The van der Waals surface area contributed by atoms with Crippen LogP contribution < -0.4 is 0 Å². The van der Waals surface area contributed by atoms with Crippen LogP contribution in [0.2, 0.25) is 0 Å². The third-order valence-electron chi connectivity index (χ3n) is 6.40. The maximum atomic E-state index is 13.1. The summed E-state index contributed by atoms with van der Waals surface area (Å²) in [6.07, 6.45) is 2.25. The van der Waals surface area contributed by atoms with Gasteiger partial charge in [0, 0.05) is 44.2 Å². The van der Waals surface area contributed by atoms with E-state index in [9.17, 15) is 24.5 Å². The van der Waals surface area contributed by atoms with Crippen molar-refractivity contribution >= 4 is 41.4 Å². The highest BCUT2D eigenvalue weighted by Gasteiger charge is 2.39. The maximum Gasteiger partial charge on any atom is 0.411 e. The average molecular weight is 583 g/mol. The highest BCUT2D eigenvalue weighted by molar-refractivity contribution is 7.99. The Morgan fingerprint density at radius 2 is 1.78 bits per heavy atom. The van der Waals surface area contributed by atoms with Crippen LogP contribution in [0.25, 0.3) is 6.08 Å². The number of rotatable bonds is 7. The van der Waals surface area contributed by atoms with Crippen LogP contribution in [0.15, 0.2) is 58.3 Å². The molecule has 0 radical (unpaired) electrons. The zero-order valence-corrected chi connectivity index (χ0v) is 25.4. The number of benzene rings is 2. The highest BCUT2D eigenvalue weighted by Crippen LogP contribution is 2.39. The summed E-state index contributed by atoms with van der Waals surface area (Å²) in [5, 5.41) is 11.9. The molecule has 0 spiro atoms. The van der Waals surface area contributed by atoms with Crippen LogP contribution in [0.5, 0.6) is 0 Å². The van der Waals surface area contributed by atoms with Gasteiger partial charge in [0.1, 0.15) is 11.6 Å². The summed E-state index contributed by atoms with van der Waals surface area (Å²) in [5.74, 6) is -0.415. The molecular formula is C30H38N4O6S. The third-order valence-corrected chi connectivity index (χ3v) is 7.56. The molecule has 0 saturated carbocycles. The number of carbonyl (C=O) groups excluding carboxylic acids is 3. The van der Waals surface area contributed by atoms with Crippen molar-refractivity contribution in [1.29, 1.82) is 0 Å². The minimum atomic E-state index is -0.892. The van der Waals surface area contributed by atoms with Crippen LogP contribution in [-0.2, 0) is 14.3 Å². The van der Waals surface area contributed by atoms with Crippen LogP contribution in [0.4, 0.5) is 10.5 Å². The van der Waals surface area contributed by atoms with Crippen molar-refractivity contribution in [2.75, 3.05) is 33.7 Å². The SMILES string of the molecule is CC(C)c1ccccc1Sc1ccc(/C=C/C(=O)N2CCN(C(=O)OC(C)(C)C)C(C(=O)N(C)C)C2)cc1[N+](=O)[O-]. The summed E-state index contributed by atoms with van der Waals surface area (Å²) in [4.78, 5) is 55.9. The number of hydrogen-bond acceptors (Lipinski definition) is 7. The molecule has 0 aromatic heterocycles. The molecule has 0 aliphatic carbocycles. The predicted molar refractivity (Wildman–Crippen MR) is 159 cm³/mol. The quantitative estimate of drug-likeness (QED) is 0.243. The molecular weight excluding hydrogens is 544 g/mol. The van der Waals surface area contributed by atoms with Gasteiger partial charge in [-0.05, 0) is 56.0 Å². The molecule has 1 fully saturated rings. The van der Waals surface area contributed by atoms with Crippen LogP contribution in [0.1, 0.15) is 51.7 Å². The van der Waals surface area contributed by atoms with E-state index in [-0.39, 0.29) is 43.1 Å².